The summed E-state index contributed by atoms with van der Waals surface area (Å²) >= 11 is 0. The molecule has 0 aromatic carbocycles. The van der Waals surface area contributed by atoms with Crippen LogP contribution in [0, 0.1) is 5.92 Å². The largest absolute Gasteiger partial charge is 0.339 e. The number of rotatable bonds is 3. The van der Waals surface area contributed by atoms with Gasteiger partial charge >= 0.3 is 0 Å². The van der Waals surface area contributed by atoms with E-state index in [0.29, 0.717) is 12.0 Å². The molecule has 5 heteroatoms. The van der Waals surface area contributed by atoms with Gasteiger partial charge < -0.3 is 10.6 Å². The van der Waals surface area contributed by atoms with Gasteiger partial charge in [0.05, 0.1) is 17.8 Å². The van der Waals surface area contributed by atoms with E-state index in [2.05, 4.69) is 5.10 Å². The fraction of sp³-hybridized carbons (Fsp3) is 0.750. The van der Waals surface area contributed by atoms with Crippen molar-refractivity contribution in [3.8, 4) is 0 Å². The van der Waals surface area contributed by atoms with Gasteiger partial charge in [0, 0.05) is 19.3 Å². The van der Waals surface area contributed by atoms with E-state index in [4.69, 9.17) is 5.73 Å². The highest BCUT2D eigenvalue weighted by atomic mass is 16.2. The van der Waals surface area contributed by atoms with Crippen LogP contribution in [0.2, 0.25) is 0 Å². The summed E-state index contributed by atoms with van der Waals surface area (Å²) in [5.41, 5.74) is 6.45. The molecule has 2 fully saturated rings. The third-order valence-electron chi connectivity index (χ3n) is 5.03. The molecule has 0 atom stereocenters. The molecule has 0 spiro atoms. The van der Waals surface area contributed by atoms with Crippen LogP contribution in [0.25, 0.3) is 0 Å². The lowest BCUT2D eigenvalue weighted by Crippen LogP contribution is -2.39. The standard InChI is InChI=1S/C16H26N4O/c17-10-13-6-8-19(9-7-13)16(21)14-11-18-20(12-14)15-4-2-1-3-5-15/h11-13,15H,1-10,17H2. The average Bonchev–Trinajstić information content (AvgIpc) is 3.05. The zero-order valence-corrected chi connectivity index (χ0v) is 12.7. The maximum Gasteiger partial charge on any atom is 0.257 e. The second kappa shape index (κ2) is 6.60. The molecule has 1 saturated heterocycles. The number of aromatic nitrogens is 2. The topological polar surface area (TPSA) is 64.2 Å². The first-order valence-corrected chi connectivity index (χ1v) is 8.31. The van der Waals surface area contributed by atoms with E-state index in [1.165, 1.54) is 32.1 Å². The van der Waals surface area contributed by atoms with Gasteiger partial charge in [0.15, 0.2) is 0 Å². The van der Waals surface area contributed by atoms with Crippen LogP contribution in [-0.2, 0) is 0 Å². The van der Waals surface area contributed by atoms with Gasteiger partial charge in [-0.25, -0.2) is 0 Å². The van der Waals surface area contributed by atoms with Crippen molar-refractivity contribution in [1.82, 2.24) is 14.7 Å². The Kier molecular flexibility index (Phi) is 4.58. The van der Waals surface area contributed by atoms with E-state index < -0.39 is 0 Å². The first-order chi connectivity index (χ1) is 10.3. The molecule has 1 saturated carbocycles. The van der Waals surface area contributed by atoms with Crippen molar-refractivity contribution in [3.05, 3.63) is 18.0 Å². The summed E-state index contributed by atoms with van der Waals surface area (Å²) in [6, 6.07) is 0.489. The summed E-state index contributed by atoms with van der Waals surface area (Å²) < 4.78 is 2.01. The SMILES string of the molecule is NCC1CCN(C(=O)c2cnn(C3CCCCC3)c2)CC1. The van der Waals surface area contributed by atoms with E-state index in [1.54, 1.807) is 6.20 Å². The third kappa shape index (κ3) is 3.28. The van der Waals surface area contributed by atoms with Crippen LogP contribution in [0.3, 0.4) is 0 Å². The average molecular weight is 290 g/mol. The van der Waals surface area contributed by atoms with Gasteiger partial charge in [-0.1, -0.05) is 19.3 Å². The fourth-order valence-electron chi connectivity index (χ4n) is 3.55. The molecule has 1 amide bonds. The van der Waals surface area contributed by atoms with E-state index in [-0.39, 0.29) is 5.91 Å². The van der Waals surface area contributed by atoms with Crippen LogP contribution in [0.1, 0.15) is 61.3 Å². The normalized spacial score (nSPS) is 21.7. The number of hydrogen-bond acceptors (Lipinski definition) is 3. The molecule has 2 heterocycles. The Morgan fingerprint density at radius 3 is 2.57 bits per heavy atom. The summed E-state index contributed by atoms with van der Waals surface area (Å²) in [5, 5.41) is 4.44. The zero-order valence-electron chi connectivity index (χ0n) is 12.7. The smallest absolute Gasteiger partial charge is 0.257 e. The minimum Gasteiger partial charge on any atom is -0.339 e. The summed E-state index contributed by atoms with van der Waals surface area (Å²) in [4.78, 5) is 14.5. The van der Waals surface area contributed by atoms with E-state index in [1.807, 2.05) is 15.8 Å². The number of nitrogens with two attached hydrogens (primary N) is 1. The number of carbonyl (C=O) groups excluding carboxylic acids is 1. The van der Waals surface area contributed by atoms with Gasteiger partial charge in [-0.2, -0.15) is 5.10 Å². The van der Waals surface area contributed by atoms with Crippen molar-refractivity contribution in [1.29, 1.82) is 0 Å². The van der Waals surface area contributed by atoms with Crippen LogP contribution in [0.4, 0.5) is 0 Å². The van der Waals surface area contributed by atoms with Crippen molar-refractivity contribution in [2.24, 2.45) is 11.7 Å². The van der Waals surface area contributed by atoms with Crippen LogP contribution < -0.4 is 5.73 Å². The van der Waals surface area contributed by atoms with Gasteiger partial charge in [-0.3, -0.25) is 9.48 Å². The molecule has 1 aromatic rings. The Labute approximate surface area is 126 Å². The first kappa shape index (κ1) is 14.6. The van der Waals surface area contributed by atoms with Crippen molar-refractivity contribution < 1.29 is 4.79 Å². The molecule has 1 aliphatic heterocycles. The summed E-state index contributed by atoms with van der Waals surface area (Å²) in [5.74, 6) is 0.714. The highest BCUT2D eigenvalue weighted by molar-refractivity contribution is 5.93. The lowest BCUT2D eigenvalue weighted by atomic mass is 9.96. The Balaban J connectivity index is 1.61. The van der Waals surface area contributed by atoms with Gasteiger partial charge in [0.25, 0.3) is 5.91 Å². The molecule has 21 heavy (non-hydrogen) atoms. The minimum absolute atomic E-state index is 0.132. The Morgan fingerprint density at radius 1 is 1.19 bits per heavy atom. The minimum atomic E-state index is 0.132. The second-order valence-corrected chi connectivity index (χ2v) is 6.47. The highest BCUT2D eigenvalue weighted by Gasteiger charge is 2.24. The Hall–Kier alpha value is -1.36. The Bertz CT molecular complexity index is 470. The maximum absolute atomic E-state index is 12.5. The molecule has 5 nitrogen and oxygen atoms in total. The maximum atomic E-state index is 12.5. The van der Waals surface area contributed by atoms with Crippen molar-refractivity contribution in [3.63, 3.8) is 0 Å². The van der Waals surface area contributed by atoms with Crippen LogP contribution >= 0.6 is 0 Å². The molecule has 2 aliphatic rings. The first-order valence-electron chi connectivity index (χ1n) is 8.31. The highest BCUT2D eigenvalue weighted by Crippen LogP contribution is 2.27. The van der Waals surface area contributed by atoms with Crippen LogP contribution in [0.15, 0.2) is 12.4 Å². The number of piperidine rings is 1. The van der Waals surface area contributed by atoms with Crippen molar-refractivity contribution >= 4 is 5.91 Å². The van der Waals surface area contributed by atoms with Crippen LogP contribution in [0.5, 0.6) is 0 Å². The summed E-state index contributed by atoms with van der Waals surface area (Å²) in [7, 11) is 0. The third-order valence-corrected chi connectivity index (χ3v) is 5.03. The quantitative estimate of drug-likeness (QED) is 0.928. The molecule has 0 bridgehead atoms. The van der Waals surface area contributed by atoms with E-state index in [9.17, 15) is 4.79 Å². The number of hydrogen-bond donors (Lipinski definition) is 1. The lowest BCUT2D eigenvalue weighted by molar-refractivity contribution is 0.0693. The molecular formula is C16H26N4O. The van der Waals surface area contributed by atoms with E-state index in [0.717, 1.165) is 38.0 Å². The predicted octanol–water partition coefficient (Wildman–Crippen LogP) is 2.20. The predicted molar refractivity (Wildman–Crippen MR) is 82.0 cm³/mol. The summed E-state index contributed by atoms with van der Waals surface area (Å²) in [6.45, 7) is 2.40. The number of carbonyl (C=O) groups is 1. The zero-order chi connectivity index (χ0) is 14.7. The van der Waals surface area contributed by atoms with Crippen molar-refractivity contribution in [2.75, 3.05) is 19.6 Å². The molecule has 0 unspecified atom stereocenters. The number of amides is 1. The number of likely N-dealkylation sites (tertiary alicyclic amines) is 1. The monoisotopic (exact) mass is 290 g/mol. The fourth-order valence-corrected chi connectivity index (χ4v) is 3.55. The molecule has 116 valence electrons. The molecular weight excluding hydrogens is 264 g/mol. The van der Waals surface area contributed by atoms with Gasteiger partial charge in [-0.15, -0.1) is 0 Å². The number of nitrogens with zero attached hydrogens (tertiary/aromatic N) is 3. The molecule has 1 aromatic heterocycles. The van der Waals surface area contributed by atoms with Crippen LogP contribution in [-0.4, -0.2) is 40.2 Å². The molecule has 3 rings (SSSR count). The molecule has 2 N–H and O–H groups in total. The van der Waals surface area contributed by atoms with Gasteiger partial charge in [-0.05, 0) is 38.1 Å². The van der Waals surface area contributed by atoms with Gasteiger partial charge in [0.2, 0.25) is 0 Å². The second-order valence-electron chi connectivity index (χ2n) is 6.47. The molecule has 1 aliphatic carbocycles. The van der Waals surface area contributed by atoms with Gasteiger partial charge in [0.1, 0.15) is 0 Å². The molecule has 0 radical (unpaired) electrons. The summed E-state index contributed by atoms with van der Waals surface area (Å²) in [6.07, 6.45) is 12.0. The lowest BCUT2D eigenvalue weighted by Gasteiger charge is -2.31. The van der Waals surface area contributed by atoms with Crippen molar-refractivity contribution in [2.45, 2.75) is 51.0 Å². The Morgan fingerprint density at radius 2 is 1.90 bits per heavy atom. The van der Waals surface area contributed by atoms with E-state index >= 15 is 0 Å².